The molecule has 0 spiro atoms. The van der Waals surface area contributed by atoms with Crippen LogP contribution in [0.3, 0.4) is 0 Å². The Labute approximate surface area is 179 Å². The van der Waals surface area contributed by atoms with Crippen LogP contribution in [0.5, 0.6) is 0 Å². The standard InChI is InChI=1S/C22H16F2N4O.C2H6/c1-28-19(12-18(27-28)14-6-3-2-4-7-14)15-10-11-20(25-13-15)26-22(29)21-16(23)8-5-9-17(21)24;1-2/h2-13H,1H3,(H,25,26,29);1-2H3. The number of hydrogen-bond acceptors (Lipinski definition) is 3. The number of pyridine rings is 1. The van der Waals surface area contributed by atoms with Crippen LogP contribution in [-0.2, 0) is 7.05 Å². The summed E-state index contributed by atoms with van der Waals surface area (Å²) >= 11 is 0. The summed E-state index contributed by atoms with van der Waals surface area (Å²) in [6.07, 6.45) is 1.57. The molecule has 0 fully saturated rings. The molecule has 0 aliphatic heterocycles. The molecular weight excluding hydrogens is 398 g/mol. The van der Waals surface area contributed by atoms with Crippen molar-refractivity contribution in [2.75, 3.05) is 5.32 Å². The first-order valence-corrected chi connectivity index (χ1v) is 9.84. The molecule has 0 aliphatic carbocycles. The summed E-state index contributed by atoms with van der Waals surface area (Å²) < 4.78 is 29.2. The number of nitrogens with one attached hydrogen (secondary N) is 1. The quantitative estimate of drug-likeness (QED) is 0.460. The maximum absolute atomic E-state index is 13.7. The molecule has 0 atom stereocenters. The third-order valence-corrected chi connectivity index (χ3v) is 4.44. The molecule has 2 heterocycles. The van der Waals surface area contributed by atoms with Gasteiger partial charge in [-0.3, -0.25) is 9.48 Å². The SMILES string of the molecule is CC.Cn1nc(-c2ccccc2)cc1-c1ccc(NC(=O)c2c(F)cccc2F)nc1. The Kier molecular flexibility index (Phi) is 6.87. The van der Waals surface area contributed by atoms with E-state index in [4.69, 9.17) is 0 Å². The van der Waals surface area contributed by atoms with E-state index in [1.165, 1.54) is 6.07 Å². The van der Waals surface area contributed by atoms with Crippen LogP contribution in [0.25, 0.3) is 22.5 Å². The normalized spacial score (nSPS) is 10.2. The highest BCUT2D eigenvalue weighted by atomic mass is 19.1. The van der Waals surface area contributed by atoms with E-state index in [1.807, 2.05) is 57.3 Å². The number of aromatic nitrogens is 3. The first kappa shape index (κ1) is 21.8. The van der Waals surface area contributed by atoms with E-state index in [-0.39, 0.29) is 5.82 Å². The van der Waals surface area contributed by atoms with Gasteiger partial charge in [-0.2, -0.15) is 5.10 Å². The highest BCUT2D eigenvalue weighted by Gasteiger charge is 2.17. The van der Waals surface area contributed by atoms with Crippen LogP contribution in [-0.4, -0.2) is 20.7 Å². The van der Waals surface area contributed by atoms with Gasteiger partial charge in [0.1, 0.15) is 23.0 Å². The number of carbonyl (C=O) groups is 1. The van der Waals surface area contributed by atoms with E-state index in [2.05, 4.69) is 15.4 Å². The zero-order chi connectivity index (χ0) is 22.4. The number of carbonyl (C=O) groups excluding carboxylic acids is 1. The number of amides is 1. The summed E-state index contributed by atoms with van der Waals surface area (Å²) in [4.78, 5) is 16.4. The fourth-order valence-corrected chi connectivity index (χ4v) is 3.00. The molecule has 4 rings (SSSR count). The molecule has 4 aromatic rings. The van der Waals surface area contributed by atoms with Gasteiger partial charge in [-0.25, -0.2) is 13.8 Å². The average Bonchev–Trinajstić information content (AvgIpc) is 3.18. The first-order chi connectivity index (χ1) is 15.0. The Morgan fingerprint density at radius 3 is 2.19 bits per heavy atom. The number of aryl methyl sites for hydroxylation is 1. The van der Waals surface area contributed by atoms with Crippen LogP contribution in [0.15, 0.2) is 72.9 Å². The van der Waals surface area contributed by atoms with Gasteiger partial charge in [0.15, 0.2) is 0 Å². The van der Waals surface area contributed by atoms with Crippen LogP contribution in [0.4, 0.5) is 14.6 Å². The Hall–Kier alpha value is -3.87. The van der Waals surface area contributed by atoms with Crippen LogP contribution in [0.2, 0.25) is 0 Å². The highest BCUT2D eigenvalue weighted by molar-refractivity contribution is 6.04. The third kappa shape index (κ3) is 4.83. The van der Waals surface area contributed by atoms with E-state index >= 15 is 0 Å². The van der Waals surface area contributed by atoms with Gasteiger partial charge in [0, 0.05) is 24.4 Å². The van der Waals surface area contributed by atoms with Crippen molar-refractivity contribution >= 4 is 11.7 Å². The van der Waals surface area contributed by atoms with Gasteiger partial charge in [0.25, 0.3) is 5.91 Å². The molecule has 0 saturated heterocycles. The van der Waals surface area contributed by atoms with E-state index in [0.29, 0.717) is 0 Å². The minimum atomic E-state index is -0.928. The molecule has 0 saturated carbocycles. The second-order valence-electron chi connectivity index (χ2n) is 6.39. The second kappa shape index (κ2) is 9.75. The summed E-state index contributed by atoms with van der Waals surface area (Å²) in [7, 11) is 1.83. The molecule has 1 N–H and O–H groups in total. The lowest BCUT2D eigenvalue weighted by atomic mass is 10.1. The minimum Gasteiger partial charge on any atom is -0.306 e. The number of hydrogen-bond donors (Lipinski definition) is 1. The van der Waals surface area contributed by atoms with Gasteiger partial charge in [-0.15, -0.1) is 0 Å². The zero-order valence-corrected chi connectivity index (χ0v) is 17.4. The molecule has 2 aromatic heterocycles. The monoisotopic (exact) mass is 420 g/mol. The van der Waals surface area contributed by atoms with Crippen molar-refractivity contribution < 1.29 is 13.6 Å². The van der Waals surface area contributed by atoms with E-state index in [1.54, 1.807) is 23.0 Å². The zero-order valence-electron chi connectivity index (χ0n) is 17.4. The van der Waals surface area contributed by atoms with Gasteiger partial charge < -0.3 is 5.32 Å². The summed E-state index contributed by atoms with van der Waals surface area (Å²) in [5, 5.41) is 6.93. The summed E-state index contributed by atoms with van der Waals surface area (Å²) in [5.74, 6) is -2.57. The smallest absolute Gasteiger partial charge is 0.262 e. The Morgan fingerprint density at radius 2 is 1.58 bits per heavy atom. The van der Waals surface area contributed by atoms with Crippen LogP contribution in [0, 0.1) is 11.6 Å². The molecule has 0 radical (unpaired) electrons. The van der Waals surface area contributed by atoms with Gasteiger partial charge in [0.2, 0.25) is 0 Å². The number of anilines is 1. The topological polar surface area (TPSA) is 59.8 Å². The van der Waals surface area contributed by atoms with E-state index in [0.717, 1.165) is 34.6 Å². The predicted molar refractivity (Wildman–Crippen MR) is 118 cm³/mol. The molecule has 158 valence electrons. The molecule has 1 amide bonds. The van der Waals surface area contributed by atoms with Gasteiger partial charge in [0.05, 0.1) is 11.4 Å². The average molecular weight is 420 g/mol. The maximum Gasteiger partial charge on any atom is 0.262 e. The molecular formula is C24H22F2N4O. The Bertz CT molecular complexity index is 1150. The lowest BCUT2D eigenvalue weighted by molar-refractivity contribution is 0.101. The molecule has 0 aliphatic rings. The fourth-order valence-electron chi connectivity index (χ4n) is 3.00. The number of benzene rings is 2. The lowest BCUT2D eigenvalue weighted by Crippen LogP contribution is -2.16. The Morgan fingerprint density at radius 1 is 0.903 bits per heavy atom. The molecule has 7 heteroatoms. The lowest BCUT2D eigenvalue weighted by Gasteiger charge is -2.07. The van der Waals surface area contributed by atoms with Crippen LogP contribution in [0.1, 0.15) is 24.2 Å². The molecule has 5 nitrogen and oxygen atoms in total. The highest BCUT2D eigenvalue weighted by Crippen LogP contribution is 2.25. The van der Waals surface area contributed by atoms with E-state index in [9.17, 15) is 13.6 Å². The summed E-state index contributed by atoms with van der Waals surface area (Å²) in [6, 6.07) is 18.3. The van der Waals surface area contributed by atoms with Crippen molar-refractivity contribution in [3.8, 4) is 22.5 Å². The predicted octanol–water partition coefficient (Wildman–Crippen LogP) is 5.71. The molecule has 31 heavy (non-hydrogen) atoms. The number of rotatable bonds is 4. The molecule has 0 bridgehead atoms. The second-order valence-corrected chi connectivity index (χ2v) is 6.39. The maximum atomic E-state index is 13.7. The number of nitrogens with zero attached hydrogens (tertiary/aromatic N) is 3. The number of halogens is 2. The first-order valence-electron chi connectivity index (χ1n) is 9.84. The third-order valence-electron chi connectivity index (χ3n) is 4.44. The fraction of sp³-hybridized carbons (Fsp3) is 0.125. The van der Waals surface area contributed by atoms with E-state index < -0.39 is 23.1 Å². The van der Waals surface area contributed by atoms with Crippen molar-refractivity contribution in [1.82, 2.24) is 14.8 Å². The van der Waals surface area contributed by atoms with Crippen molar-refractivity contribution in [2.45, 2.75) is 13.8 Å². The van der Waals surface area contributed by atoms with Crippen molar-refractivity contribution in [2.24, 2.45) is 7.05 Å². The van der Waals surface area contributed by atoms with Crippen molar-refractivity contribution in [3.05, 3.63) is 90.1 Å². The Balaban J connectivity index is 0.00000132. The molecule has 2 aromatic carbocycles. The van der Waals surface area contributed by atoms with Gasteiger partial charge >= 0.3 is 0 Å². The van der Waals surface area contributed by atoms with Gasteiger partial charge in [-0.1, -0.05) is 50.2 Å². The van der Waals surface area contributed by atoms with Crippen molar-refractivity contribution in [1.29, 1.82) is 0 Å². The largest absolute Gasteiger partial charge is 0.306 e. The van der Waals surface area contributed by atoms with Crippen molar-refractivity contribution in [3.63, 3.8) is 0 Å². The summed E-state index contributed by atoms with van der Waals surface area (Å²) in [6.45, 7) is 4.00. The minimum absolute atomic E-state index is 0.187. The van der Waals surface area contributed by atoms with Crippen LogP contribution < -0.4 is 5.32 Å². The summed E-state index contributed by atoms with van der Waals surface area (Å²) in [5.41, 5.74) is 2.82. The van der Waals surface area contributed by atoms with Crippen LogP contribution >= 0.6 is 0 Å². The molecule has 0 unspecified atom stereocenters. The van der Waals surface area contributed by atoms with Gasteiger partial charge in [-0.05, 0) is 30.3 Å².